The minimum atomic E-state index is -0.152. The Bertz CT molecular complexity index is 681. The average Bonchev–Trinajstić information content (AvgIpc) is 3.00. The van der Waals surface area contributed by atoms with Crippen LogP contribution >= 0.6 is 11.6 Å². The van der Waals surface area contributed by atoms with E-state index in [1.165, 1.54) is 0 Å². The van der Waals surface area contributed by atoms with Crippen molar-refractivity contribution in [2.24, 2.45) is 0 Å². The molecule has 3 rings (SSSR count). The highest BCUT2D eigenvalue weighted by Gasteiger charge is 2.26. The van der Waals surface area contributed by atoms with E-state index in [0.29, 0.717) is 42.7 Å². The van der Waals surface area contributed by atoms with Crippen molar-refractivity contribution >= 4 is 17.5 Å². The highest BCUT2D eigenvalue weighted by Crippen LogP contribution is 2.18. The molecule has 1 aliphatic rings. The Morgan fingerprint density at radius 2 is 2.00 bits per heavy atom. The Morgan fingerprint density at radius 1 is 1.30 bits per heavy atom. The molecule has 1 aliphatic heterocycles. The zero-order valence-electron chi connectivity index (χ0n) is 12.7. The van der Waals surface area contributed by atoms with E-state index < -0.39 is 0 Å². The maximum Gasteiger partial charge on any atom is 0.276 e. The number of aromatic nitrogens is 3. The first kappa shape index (κ1) is 15.9. The van der Waals surface area contributed by atoms with Gasteiger partial charge in [0.25, 0.3) is 5.91 Å². The first-order valence-corrected chi connectivity index (χ1v) is 7.65. The molecular formula is C15H17ClN4O3. The van der Waals surface area contributed by atoms with E-state index in [9.17, 15) is 4.79 Å². The Kier molecular flexibility index (Phi) is 4.90. The Hall–Kier alpha value is -1.96. The second-order valence-corrected chi connectivity index (χ2v) is 5.55. The Balaban J connectivity index is 1.94. The molecule has 2 aromatic rings. The van der Waals surface area contributed by atoms with Gasteiger partial charge >= 0.3 is 0 Å². The summed E-state index contributed by atoms with van der Waals surface area (Å²) in [5.74, 6) is -0.152. The highest BCUT2D eigenvalue weighted by molar-refractivity contribution is 6.30. The lowest BCUT2D eigenvalue weighted by Crippen LogP contribution is -2.41. The molecular weight excluding hydrogens is 320 g/mol. The lowest BCUT2D eigenvalue weighted by atomic mass is 10.2. The van der Waals surface area contributed by atoms with Gasteiger partial charge in [-0.2, -0.15) is 0 Å². The van der Waals surface area contributed by atoms with Gasteiger partial charge in [-0.1, -0.05) is 16.8 Å². The second kappa shape index (κ2) is 7.08. The molecule has 23 heavy (non-hydrogen) atoms. The zero-order valence-corrected chi connectivity index (χ0v) is 13.5. The summed E-state index contributed by atoms with van der Waals surface area (Å²) >= 11 is 5.91. The molecule has 7 nitrogen and oxygen atoms in total. The molecule has 0 N–H and O–H groups in total. The molecule has 1 aromatic heterocycles. The van der Waals surface area contributed by atoms with E-state index in [2.05, 4.69) is 10.3 Å². The zero-order chi connectivity index (χ0) is 16.2. The van der Waals surface area contributed by atoms with Crippen LogP contribution in [-0.4, -0.2) is 59.2 Å². The smallest absolute Gasteiger partial charge is 0.276 e. The molecule has 0 radical (unpaired) electrons. The highest BCUT2D eigenvalue weighted by atomic mass is 35.5. The number of morpholine rings is 1. The maximum atomic E-state index is 12.7. The van der Waals surface area contributed by atoms with Gasteiger partial charge in [0.05, 0.1) is 25.5 Å². The normalized spacial score (nSPS) is 15.0. The van der Waals surface area contributed by atoms with Crippen LogP contribution < -0.4 is 0 Å². The first-order valence-electron chi connectivity index (χ1n) is 7.27. The standard InChI is InChI=1S/C15H17ClN4O3/c1-22-10-13-14(15(21)19-6-8-23-9-7-19)17-18-20(13)12-4-2-11(16)3-5-12/h2-5H,6-10H2,1H3. The minimum Gasteiger partial charge on any atom is -0.378 e. The second-order valence-electron chi connectivity index (χ2n) is 5.11. The Morgan fingerprint density at radius 3 is 2.65 bits per heavy atom. The lowest BCUT2D eigenvalue weighted by molar-refractivity contribution is 0.0296. The molecule has 8 heteroatoms. The number of halogens is 1. The van der Waals surface area contributed by atoms with Gasteiger partial charge in [-0.15, -0.1) is 5.10 Å². The fourth-order valence-corrected chi connectivity index (χ4v) is 2.57. The van der Waals surface area contributed by atoms with Crippen molar-refractivity contribution in [2.45, 2.75) is 6.61 Å². The van der Waals surface area contributed by atoms with E-state index in [1.807, 2.05) is 12.1 Å². The van der Waals surface area contributed by atoms with Gasteiger partial charge in [-0.25, -0.2) is 4.68 Å². The van der Waals surface area contributed by atoms with Crippen LogP contribution in [0.4, 0.5) is 0 Å². The van der Waals surface area contributed by atoms with Gasteiger partial charge in [0, 0.05) is 25.2 Å². The summed E-state index contributed by atoms with van der Waals surface area (Å²) in [6, 6.07) is 7.16. The fraction of sp³-hybridized carbons (Fsp3) is 0.400. The summed E-state index contributed by atoms with van der Waals surface area (Å²) in [5, 5.41) is 8.82. The van der Waals surface area contributed by atoms with Crippen molar-refractivity contribution in [1.82, 2.24) is 19.9 Å². The number of carbonyl (C=O) groups is 1. The van der Waals surface area contributed by atoms with E-state index in [1.54, 1.807) is 28.8 Å². The first-order chi connectivity index (χ1) is 11.2. The summed E-state index contributed by atoms with van der Waals surface area (Å²) in [4.78, 5) is 14.4. The molecule has 0 atom stereocenters. The van der Waals surface area contributed by atoms with Crippen molar-refractivity contribution < 1.29 is 14.3 Å². The van der Waals surface area contributed by atoms with E-state index in [4.69, 9.17) is 21.1 Å². The number of ether oxygens (including phenoxy) is 2. The van der Waals surface area contributed by atoms with Crippen molar-refractivity contribution in [1.29, 1.82) is 0 Å². The number of nitrogens with zero attached hydrogens (tertiary/aromatic N) is 4. The van der Waals surface area contributed by atoms with Crippen molar-refractivity contribution in [3.63, 3.8) is 0 Å². The topological polar surface area (TPSA) is 69.5 Å². The van der Waals surface area contributed by atoms with Crippen LogP contribution in [-0.2, 0) is 16.1 Å². The minimum absolute atomic E-state index is 0.152. The molecule has 2 heterocycles. The largest absolute Gasteiger partial charge is 0.378 e. The van der Waals surface area contributed by atoms with Gasteiger partial charge in [-0.05, 0) is 24.3 Å². The summed E-state index contributed by atoms with van der Waals surface area (Å²) in [7, 11) is 1.57. The molecule has 0 spiro atoms. The van der Waals surface area contributed by atoms with Crippen molar-refractivity contribution in [3.8, 4) is 5.69 Å². The number of rotatable bonds is 4. The number of carbonyl (C=O) groups excluding carboxylic acids is 1. The van der Waals surface area contributed by atoms with Crippen LogP contribution in [0, 0.1) is 0 Å². The summed E-state index contributed by atoms with van der Waals surface area (Å²) in [5.41, 5.74) is 1.70. The van der Waals surface area contributed by atoms with Gasteiger partial charge in [0.15, 0.2) is 5.69 Å². The van der Waals surface area contributed by atoms with Gasteiger partial charge in [-0.3, -0.25) is 4.79 Å². The predicted octanol–water partition coefficient (Wildman–Crippen LogP) is 1.54. The SMILES string of the molecule is COCc1c(C(=O)N2CCOCC2)nnn1-c1ccc(Cl)cc1. The number of hydrogen-bond donors (Lipinski definition) is 0. The molecule has 1 saturated heterocycles. The van der Waals surface area contributed by atoms with E-state index in [-0.39, 0.29) is 12.5 Å². The van der Waals surface area contributed by atoms with E-state index in [0.717, 1.165) is 5.69 Å². The third-order valence-electron chi connectivity index (χ3n) is 3.62. The quantitative estimate of drug-likeness (QED) is 0.847. The number of benzene rings is 1. The summed E-state index contributed by atoms with van der Waals surface area (Å²) in [6.45, 7) is 2.42. The van der Waals surface area contributed by atoms with Crippen LogP contribution in [0.2, 0.25) is 5.02 Å². The van der Waals surface area contributed by atoms with Crippen LogP contribution in [0.5, 0.6) is 0 Å². The molecule has 0 saturated carbocycles. The van der Waals surface area contributed by atoms with Gasteiger partial charge < -0.3 is 14.4 Å². The molecule has 1 fully saturated rings. The average molecular weight is 337 g/mol. The fourth-order valence-electron chi connectivity index (χ4n) is 2.44. The molecule has 1 aromatic carbocycles. The number of methoxy groups -OCH3 is 1. The molecule has 0 unspecified atom stereocenters. The summed E-state index contributed by atoms with van der Waals surface area (Å²) in [6.07, 6.45) is 0. The van der Waals surface area contributed by atoms with Crippen LogP contribution in [0.3, 0.4) is 0 Å². The number of amides is 1. The maximum absolute atomic E-state index is 12.7. The van der Waals surface area contributed by atoms with E-state index >= 15 is 0 Å². The van der Waals surface area contributed by atoms with Crippen molar-refractivity contribution in [3.05, 3.63) is 40.7 Å². The third-order valence-corrected chi connectivity index (χ3v) is 3.87. The molecule has 0 bridgehead atoms. The van der Waals surface area contributed by atoms with Gasteiger partial charge in [0.2, 0.25) is 0 Å². The van der Waals surface area contributed by atoms with Gasteiger partial charge in [0.1, 0.15) is 5.69 Å². The van der Waals surface area contributed by atoms with Crippen LogP contribution in [0.25, 0.3) is 5.69 Å². The van der Waals surface area contributed by atoms with Crippen LogP contribution in [0.1, 0.15) is 16.2 Å². The summed E-state index contributed by atoms with van der Waals surface area (Å²) < 4.78 is 12.1. The third kappa shape index (κ3) is 3.36. The van der Waals surface area contributed by atoms with Crippen LogP contribution in [0.15, 0.2) is 24.3 Å². The van der Waals surface area contributed by atoms with Crippen molar-refractivity contribution in [2.75, 3.05) is 33.4 Å². The lowest BCUT2D eigenvalue weighted by Gasteiger charge is -2.26. The Labute approximate surface area is 138 Å². The predicted molar refractivity (Wildman–Crippen MR) is 83.8 cm³/mol. The number of hydrogen-bond acceptors (Lipinski definition) is 5. The molecule has 122 valence electrons. The molecule has 1 amide bonds. The molecule has 0 aliphatic carbocycles. The monoisotopic (exact) mass is 336 g/mol.